The third-order valence-corrected chi connectivity index (χ3v) is 3.36. The van der Waals surface area contributed by atoms with Gasteiger partial charge in [-0.2, -0.15) is 0 Å². The van der Waals surface area contributed by atoms with Gasteiger partial charge in [0, 0.05) is 16.1 Å². The molecule has 0 fully saturated rings. The lowest BCUT2D eigenvalue weighted by atomic mass is 10.1. The van der Waals surface area contributed by atoms with Crippen molar-refractivity contribution in [3.63, 3.8) is 0 Å². The van der Waals surface area contributed by atoms with Gasteiger partial charge in [0.25, 0.3) is 0 Å². The molecule has 2 rings (SSSR count). The third kappa shape index (κ3) is 2.82. The molecule has 0 amide bonds. The van der Waals surface area contributed by atoms with Gasteiger partial charge in [-0.3, -0.25) is 0 Å². The standard InChI is InChI=1S/C13H8Cl3NO3/c1-20-12-7(2-3-10(17-12)13(18)19)11-8(15)4-6(14)5-9(11)16/h2-5H,1H3,(H,18,19). The molecule has 0 aliphatic rings. The summed E-state index contributed by atoms with van der Waals surface area (Å²) in [7, 11) is 1.38. The van der Waals surface area contributed by atoms with Gasteiger partial charge >= 0.3 is 5.97 Å². The number of carbonyl (C=O) groups is 1. The van der Waals surface area contributed by atoms with E-state index in [9.17, 15) is 4.79 Å². The van der Waals surface area contributed by atoms with Crippen LogP contribution in [0.5, 0.6) is 5.88 Å². The summed E-state index contributed by atoms with van der Waals surface area (Å²) in [5.74, 6) is -1.03. The maximum Gasteiger partial charge on any atom is 0.354 e. The number of halogens is 3. The predicted octanol–water partition coefficient (Wildman–Crippen LogP) is 4.42. The maximum atomic E-state index is 10.9. The van der Waals surface area contributed by atoms with E-state index in [4.69, 9.17) is 44.6 Å². The van der Waals surface area contributed by atoms with Gasteiger partial charge in [-0.25, -0.2) is 9.78 Å². The van der Waals surface area contributed by atoms with Crippen molar-refractivity contribution in [3.05, 3.63) is 45.0 Å². The molecule has 0 saturated heterocycles. The first-order chi connectivity index (χ1) is 9.43. The van der Waals surface area contributed by atoms with Crippen molar-refractivity contribution in [1.82, 2.24) is 4.98 Å². The van der Waals surface area contributed by atoms with Crippen LogP contribution in [0.2, 0.25) is 15.1 Å². The Balaban J connectivity index is 2.67. The van der Waals surface area contributed by atoms with Crippen LogP contribution < -0.4 is 4.74 Å². The van der Waals surface area contributed by atoms with Crippen LogP contribution in [0, 0.1) is 0 Å². The minimum atomic E-state index is -1.15. The lowest BCUT2D eigenvalue weighted by Gasteiger charge is -2.12. The first-order valence-electron chi connectivity index (χ1n) is 5.37. The van der Waals surface area contributed by atoms with Crippen LogP contribution in [0.4, 0.5) is 0 Å². The average Bonchev–Trinajstić information content (AvgIpc) is 2.37. The van der Waals surface area contributed by atoms with E-state index in [0.29, 0.717) is 26.2 Å². The number of methoxy groups -OCH3 is 1. The normalized spacial score (nSPS) is 10.4. The van der Waals surface area contributed by atoms with Crippen molar-refractivity contribution in [2.75, 3.05) is 7.11 Å². The molecule has 1 aromatic carbocycles. The van der Waals surface area contributed by atoms with E-state index in [2.05, 4.69) is 4.98 Å². The van der Waals surface area contributed by atoms with E-state index in [0.717, 1.165) is 0 Å². The van der Waals surface area contributed by atoms with Crippen LogP contribution >= 0.6 is 34.8 Å². The molecular formula is C13H8Cl3NO3. The molecule has 0 bridgehead atoms. The predicted molar refractivity (Wildman–Crippen MR) is 78.2 cm³/mol. The highest BCUT2D eigenvalue weighted by Crippen LogP contribution is 2.40. The maximum absolute atomic E-state index is 10.9. The number of nitrogens with zero attached hydrogens (tertiary/aromatic N) is 1. The van der Waals surface area contributed by atoms with E-state index >= 15 is 0 Å². The zero-order chi connectivity index (χ0) is 14.9. The fourth-order valence-corrected chi connectivity index (χ4v) is 2.73. The first kappa shape index (κ1) is 14.9. The van der Waals surface area contributed by atoms with Crippen molar-refractivity contribution in [2.45, 2.75) is 0 Å². The Kier molecular flexibility index (Phi) is 4.38. The smallest absolute Gasteiger partial charge is 0.354 e. The van der Waals surface area contributed by atoms with Gasteiger partial charge < -0.3 is 9.84 Å². The number of carboxylic acids is 1. The molecule has 0 unspecified atom stereocenters. The van der Waals surface area contributed by atoms with E-state index in [1.54, 1.807) is 0 Å². The molecule has 2 aromatic rings. The van der Waals surface area contributed by atoms with Crippen LogP contribution in [0.3, 0.4) is 0 Å². The molecule has 0 atom stereocenters. The zero-order valence-electron chi connectivity index (χ0n) is 10.2. The van der Waals surface area contributed by atoms with Crippen LogP contribution in [-0.2, 0) is 0 Å². The Morgan fingerprint density at radius 3 is 2.30 bits per heavy atom. The average molecular weight is 333 g/mol. The lowest BCUT2D eigenvalue weighted by molar-refractivity contribution is 0.0689. The SMILES string of the molecule is COc1nc(C(=O)O)ccc1-c1c(Cl)cc(Cl)cc1Cl. The van der Waals surface area contributed by atoms with Crippen molar-refractivity contribution in [3.8, 4) is 17.0 Å². The molecule has 0 aliphatic carbocycles. The summed E-state index contributed by atoms with van der Waals surface area (Å²) in [6.07, 6.45) is 0. The molecule has 4 nitrogen and oxygen atoms in total. The Morgan fingerprint density at radius 1 is 1.20 bits per heavy atom. The van der Waals surface area contributed by atoms with E-state index in [1.165, 1.54) is 31.4 Å². The Labute approximate surface area is 129 Å². The van der Waals surface area contributed by atoms with Crippen LogP contribution in [0.25, 0.3) is 11.1 Å². The summed E-state index contributed by atoms with van der Waals surface area (Å²) in [6.45, 7) is 0. The van der Waals surface area contributed by atoms with Gasteiger partial charge in [-0.05, 0) is 24.3 Å². The molecule has 0 radical (unpaired) electrons. The number of pyridine rings is 1. The fraction of sp³-hybridized carbons (Fsp3) is 0.0769. The number of hydrogen-bond acceptors (Lipinski definition) is 3. The van der Waals surface area contributed by atoms with Crippen LogP contribution in [0.15, 0.2) is 24.3 Å². The Morgan fingerprint density at radius 2 is 1.80 bits per heavy atom. The Hall–Kier alpha value is -1.49. The van der Waals surface area contributed by atoms with Crippen LogP contribution in [0.1, 0.15) is 10.5 Å². The monoisotopic (exact) mass is 331 g/mol. The van der Waals surface area contributed by atoms with Crippen LogP contribution in [-0.4, -0.2) is 23.2 Å². The molecular weight excluding hydrogens is 325 g/mol. The number of aromatic nitrogens is 1. The van der Waals surface area contributed by atoms with Gasteiger partial charge in [0.2, 0.25) is 5.88 Å². The molecule has 1 heterocycles. The number of hydrogen-bond donors (Lipinski definition) is 1. The van der Waals surface area contributed by atoms with Gasteiger partial charge in [0.05, 0.1) is 17.2 Å². The molecule has 0 aliphatic heterocycles. The second kappa shape index (κ2) is 5.87. The third-order valence-electron chi connectivity index (χ3n) is 2.55. The molecule has 0 spiro atoms. The summed E-state index contributed by atoms with van der Waals surface area (Å²) >= 11 is 18.1. The van der Waals surface area contributed by atoms with Gasteiger partial charge in [0.15, 0.2) is 5.69 Å². The van der Waals surface area contributed by atoms with Crippen molar-refractivity contribution < 1.29 is 14.6 Å². The lowest BCUT2D eigenvalue weighted by Crippen LogP contribution is -2.03. The van der Waals surface area contributed by atoms with Crippen molar-refractivity contribution >= 4 is 40.8 Å². The molecule has 1 N–H and O–H groups in total. The molecule has 0 saturated carbocycles. The van der Waals surface area contributed by atoms with E-state index in [-0.39, 0.29) is 11.6 Å². The molecule has 7 heteroatoms. The second-order valence-corrected chi connectivity index (χ2v) is 5.05. The minimum Gasteiger partial charge on any atom is -0.481 e. The number of rotatable bonds is 3. The van der Waals surface area contributed by atoms with Crippen molar-refractivity contribution in [2.24, 2.45) is 0 Å². The molecule has 20 heavy (non-hydrogen) atoms. The highest BCUT2D eigenvalue weighted by molar-refractivity contribution is 6.41. The molecule has 104 valence electrons. The fourth-order valence-electron chi connectivity index (χ4n) is 1.70. The summed E-state index contributed by atoms with van der Waals surface area (Å²) in [5.41, 5.74) is 0.843. The zero-order valence-corrected chi connectivity index (χ0v) is 12.4. The van der Waals surface area contributed by atoms with Gasteiger partial charge in [0.1, 0.15) is 0 Å². The number of benzene rings is 1. The summed E-state index contributed by atoms with van der Waals surface area (Å²) in [4.78, 5) is 14.8. The number of aromatic carboxylic acids is 1. The number of ether oxygens (including phenoxy) is 1. The quantitative estimate of drug-likeness (QED) is 0.904. The highest BCUT2D eigenvalue weighted by atomic mass is 35.5. The highest BCUT2D eigenvalue weighted by Gasteiger charge is 2.17. The van der Waals surface area contributed by atoms with E-state index in [1.807, 2.05) is 0 Å². The van der Waals surface area contributed by atoms with Gasteiger partial charge in [-0.1, -0.05) is 34.8 Å². The minimum absolute atomic E-state index is 0.121. The topological polar surface area (TPSA) is 59.4 Å². The molecule has 1 aromatic heterocycles. The second-order valence-electron chi connectivity index (χ2n) is 3.80. The Bertz CT molecular complexity index is 666. The summed E-state index contributed by atoms with van der Waals surface area (Å²) < 4.78 is 5.11. The summed E-state index contributed by atoms with van der Waals surface area (Å²) in [6, 6.07) is 5.96. The van der Waals surface area contributed by atoms with E-state index < -0.39 is 5.97 Å². The summed E-state index contributed by atoms with van der Waals surface area (Å²) in [5, 5.41) is 9.97. The number of carboxylic acid groups (broad SMARTS) is 1. The first-order valence-corrected chi connectivity index (χ1v) is 6.50. The van der Waals surface area contributed by atoms with Gasteiger partial charge in [-0.15, -0.1) is 0 Å². The van der Waals surface area contributed by atoms with Crippen molar-refractivity contribution in [1.29, 1.82) is 0 Å². The largest absolute Gasteiger partial charge is 0.481 e.